The van der Waals surface area contributed by atoms with Gasteiger partial charge in [0.25, 0.3) is 0 Å². The summed E-state index contributed by atoms with van der Waals surface area (Å²) in [5.74, 6) is -0.162. The van der Waals surface area contributed by atoms with Crippen molar-refractivity contribution >= 4 is 0 Å². The van der Waals surface area contributed by atoms with Crippen LogP contribution in [0.15, 0.2) is 24.3 Å². The molecule has 1 aromatic carbocycles. The van der Waals surface area contributed by atoms with Gasteiger partial charge < -0.3 is 10.2 Å². The van der Waals surface area contributed by atoms with Gasteiger partial charge in [0, 0.05) is 6.04 Å². The second-order valence-corrected chi connectivity index (χ2v) is 5.07. The molecule has 1 rings (SSSR count). The van der Waals surface area contributed by atoms with Crippen molar-refractivity contribution in [3.63, 3.8) is 0 Å². The van der Waals surface area contributed by atoms with Gasteiger partial charge in [-0.15, -0.1) is 0 Å². The number of rotatable bonds is 8. The maximum absolute atomic E-state index is 12.9. The summed E-state index contributed by atoms with van der Waals surface area (Å²) in [5.41, 5.74) is 1.20. The summed E-state index contributed by atoms with van der Waals surface area (Å²) in [6.45, 7) is 4.29. The Morgan fingerprint density at radius 2 is 1.89 bits per heavy atom. The van der Waals surface area contributed by atoms with Gasteiger partial charge in [-0.05, 0) is 64.1 Å². The van der Waals surface area contributed by atoms with E-state index in [4.69, 9.17) is 0 Å². The first-order valence-electron chi connectivity index (χ1n) is 6.74. The van der Waals surface area contributed by atoms with E-state index in [0.29, 0.717) is 6.04 Å². The van der Waals surface area contributed by atoms with Crippen LogP contribution in [0.4, 0.5) is 4.39 Å². The minimum atomic E-state index is -0.162. The van der Waals surface area contributed by atoms with E-state index < -0.39 is 0 Å². The van der Waals surface area contributed by atoms with Crippen LogP contribution >= 0.6 is 0 Å². The molecule has 0 aliphatic carbocycles. The van der Waals surface area contributed by atoms with E-state index in [9.17, 15) is 4.39 Å². The summed E-state index contributed by atoms with van der Waals surface area (Å²) in [7, 11) is 4.18. The maximum Gasteiger partial charge on any atom is 0.123 e. The minimum Gasteiger partial charge on any atom is -0.314 e. The van der Waals surface area contributed by atoms with Gasteiger partial charge in [0.15, 0.2) is 0 Å². The van der Waals surface area contributed by atoms with Crippen LogP contribution in [0.1, 0.15) is 25.3 Å². The highest BCUT2D eigenvalue weighted by atomic mass is 19.1. The second-order valence-electron chi connectivity index (χ2n) is 5.07. The van der Waals surface area contributed by atoms with Crippen molar-refractivity contribution in [3.05, 3.63) is 35.6 Å². The maximum atomic E-state index is 12.9. The lowest BCUT2D eigenvalue weighted by Gasteiger charge is -2.20. The van der Waals surface area contributed by atoms with Gasteiger partial charge in [-0.25, -0.2) is 4.39 Å². The largest absolute Gasteiger partial charge is 0.314 e. The van der Waals surface area contributed by atoms with Gasteiger partial charge in [-0.3, -0.25) is 0 Å². The average Bonchev–Trinajstić information content (AvgIpc) is 2.35. The molecule has 0 aromatic heterocycles. The van der Waals surface area contributed by atoms with Crippen molar-refractivity contribution in [2.45, 2.75) is 32.2 Å². The van der Waals surface area contributed by atoms with E-state index in [1.54, 1.807) is 0 Å². The molecule has 0 spiro atoms. The molecule has 0 saturated heterocycles. The molecule has 0 fully saturated rings. The highest BCUT2D eigenvalue weighted by molar-refractivity contribution is 5.17. The van der Waals surface area contributed by atoms with Crippen LogP contribution in [-0.4, -0.2) is 38.1 Å². The quantitative estimate of drug-likeness (QED) is 0.765. The zero-order valence-corrected chi connectivity index (χ0v) is 11.7. The lowest BCUT2D eigenvalue weighted by atomic mass is 10.0. The molecular formula is C15H25FN2. The van der Waals surface area contributed by atoms with Crippen molar-refractivity contribution in [3.8, 4) is 0 Å². The third-order valence-corrected chi connectivity index (χ3v) is 3.00. The SMILES string of the molecule is CCCNC(CCN(C)C)Cc1ccc(F)cc1. The Labute approximate surface area is 110 Å². The van der Waals surface area contributed by atoms with Gasteiger partial charge in [0.2, 0.25) is 0 Å². The first-order valence-corrected chi connectivity index (χ1v) is 6.74. The summed E-state index contributed by atoms with van der Waals surface area (Å²) >= 11 is 0. The Morgan fingerprint density at radius 3 is 2.44 bits per heavy atom. The molecule has 0 saturated carbocycles. The van der Waals surface area contributed by atoms with Crippen LogP contribution in [0.25, 0.3) is 0 Å². The number of benzene rings is 1. The molecule has 2 nitrogen and oxygen atoms in total. The summed E-state index contributed by atoms with van der Waals surface area (Å²) in [5, 5.41) is 3.57. The summed E-state index contributed by atoms with van der Waals surface area (Å²) in [4.78, 5) is 2.20. The van der Waals surface area contributed by atoms with Gasteiger partial charge in [-0.1, -0.05) is 19.1 Å². The molecular weight excluding hydrogens is 227 g/mol. The predicted molar refractivity (Wildman–Crippen MR) is 75.4 cm³/mol. The van der Waals surface area contributed by atoms with Crippen molar-refractivity contribution in [2.75, 3.05) is 27.2 Å². The highest BCUT2D eigenvalue weighted by Crippen LogP contribution is 2.08. The standard InChI is InChI=1S/C15H25FN2/c1-4-10-17-15(9-11-18(2)3)12-13-5-7-14(16)8-6-13/h5-8,15,17H,4,9-12H2,1-3H3. The molecule has 0 aliphatic rings. The van der Waals surface area contributed by atoms with E-state index in [1.165, 1.54) is 17.7 Å². The van der Waals surface area contributed by atoms with E-state index in [2.05, 4.69) is 31.2 Å². The van der Waals surface area contributed by atoms with E-state index in [0.717, 1.165) is 32.4 Å². The Morgan fingerprint density at radius 1 is 1.22 bits per heavy atom. The molecule has 1 unspecified atom stereocenters. The average molecular weight is 252 g/mol. The van der Waals surface area contributed by atoms with Crippen molar-refractivity contribution in [1.29, 1.82) is 0 Å². The van der Waals surface area contributed by atoms with Gasteiger partial charge in [0.05, 0.1) is 0 Å². The van der Waals surface area contributed by atoms with Crippen molar-refractivity contribution in [1.82, 2.24) is 10.2 Å². The van der Waals surface area contributed by atoms with E-state index >= 15 is 0 Å². The summed E-state index contributed by atoms with van der Waals surface area (Å²) in [6.07, 6.45) is 3.22. The topological polar surface area (TPSA) is 15.3 Å². The number of nitrogens with one attached hydrogen (secondary N) is 1. The van der Waals surface area contributed by atoms with Crippen LogP contribution in [0.3, 0.4) is 0 Å². The van der Waals surface area contributed by atoms with Crippen LogP contribution in [0, 0.1) is 5.82 Å². The second kappa shape index (κ2) is 8.22. The van der Waals surface area contributed by atoms with Crippen LogP contribution in [0.5, 0.6) is 0 Å². The van der Waals surface area contributed by atoms with Gasteiger partial charge in [0.1, 0.15) is 5.82 Å². The van der Waals surface area contributed by atoms with Crippen molar-refractivity contribution < 1.29 is 4.39 Å². The van der Waals surface area contributed by atoms with Crippen LogP contribution in [0.2, 0.25) is 0 Å². The number of nitrogens with zero attached hydrogens (tertiary/aromatic N) is 1. The third kappa shape index (κ3) is 6.12. The number of hydrogen-bond acceptors (Lipinski definition) is 2. The molecule has 102 valence electrons. The van der Waals surface area contributed by atoms with Crippen LogP contribution in [-0.2, 0) is 6.42 Å². The molecule has 3 heteroatoms. The molecule has 0 radical (unpaired) electrons. The lowest BCUT2D eigenvalue weighted by molar-refractivity contribution is 0.356. The highest BCUT2D eigenvalue weighted by Gasteiger charge is 2.09. The Hall–Kier alpha value is -0.930. The Kier molecular flexibility index (Phi) is 6.91. The fraction of sp³-hybridized carbons (Fsp3) is 0.600. The fourth-order valence-corrected chi connectivity index (χ4v) is 1.94. The number of hydrogen-bond donors (Lipinski definition) is 1. The van der Waals surface area contributed by atoms with Gasteiger partial charge >= 0.3 is 0 Å². The zero-order valence-electron chi connectivity index (χ0n) is 11.7. The van der Waals surface area contributed by atoms with E-state index in [1.807, 2.05) is 12.1 Å². The molecule has 18 heavy (non-hydrogen) atoms. The first-order chi connectivity index (χ1) is 8.61. The predicted octanol–water partition coefficient (Wildman–Crippen LogP) is 2.69. The smallest absolute Gasteiger partial charge is 0.123 e. The summed E-state index contributed by atoms with van der Waals surface area (Å²) < 4.78 is 12.9. The zero-order chi connectivity index (χ0) is 13.4. The van der Waals surface area contributed by atoms with Gasteiger partial charge in [-0.2, -0.15) is 0 Å². The molecule has 0 amide bonds. The molecule has 0 heterocycles. The molecule has 0 bridgehead atoms. The number of halogens is 1. The molecule has 0 aliphatic heterocycles. The first kappa shape index (κ1) is 15.1. The lowest BCUT2D eigenvalue weighted by Crippen LogP contribution is -2.34. The third-order valence-electron chi connectivity index (χ3n) is 3.00. The van der Waals surface area contributed by atoms with Crippen LogP contribution < -0.4 is 5.32 Å². The molecule has 1 aromatic rings. The van der Waals surface area contributed by atoms with Crippen molar-refractivity contribution in [2.24, 2.45) is 0 Å². The summed E-state index contributed by atoms with van der Waals surface area (Å²) in [6, 6.07) is 7.31. The Bertz CT molecular complexity index is 322. The molecule has 1 atom stereocenters. The Balaban J connectivity index is 2.50. The normalized spacial score (nSPS) is 12.9. The monoisotopic (exact) mass is 252 g/mol. The molecule has 1 N–H and O–H groups in total. The van der Waals surface area contributed by atoms with E-state index in [-0.39, 0.29) is 5.82 Å². The minimum absolute atomic E-state index is 0.162. The fourth-order valence-electron chi connectivity index (χ4n) is 1.94.